The number of aromatic nitrogens is 3. The fourth-order valence-corrected chi connectivity index (χ4v) is 4.21. The van der Waals surface area contributed by atoms with Crippen molar-refractivity contribution in [1.29, 1.82) is 0 Å². The van der Waals surface area contributed by atoms with E-state index in [-0.39, 0.29) is 5.92 Å². The maximum Gasteiger partial charge on any atom is 0.225 e. The van der Waals surface area contributed by atoms with E-state index in [2.05, 4.69) is 19.9 Å². The van der Waals surface area contributed by atoms with Crippen LogP contribution in [0.15, 0.2) is 35.7 Å². The number of thioether (sulfide) groups is 1. The van der Waals surface area contributed by atoms with Crippen LogP contribution in [0.3, 0.4) is 0 Å². The lowest BCUT2D eigenvalue weighted by Gasteiger charge is -2.33. The SMILES string of the molecule is NC1=NC2(c3ccc(F)cn3)CN(c3ncc(F)cn3)C[C@H]2CS1. The van der Waals surface area contributed by atoms with E-state index in [1.165, 1.54) is 24.0 Å². The van der Waals surface area contributed by atoms with Gasteiger partial charge >= 0.3 is 0 Å². The quantitative estimate of drug-likeness (QED) is 0.887. The summed E-state index contributed by atoms with van der Waals surface area (Å²) in [6.07, 6.45) is 3.46. The van der Waals surface area contributed by atoms with Gasteiger partial charge in [0, 0.05) is 18.2 Å². The lowest BCUT2D eigenvalue weighted by molar-refractivity contribution is 0.376. The van der Waals surface area contributed by atoms with Crippen LogP contribution in [0, 0.1) is 17.6 Å². The lowest BCUT2D eigenvalue weighted by Crippen LogP contribution is -2.40. The molecule has 2 aliphatic rings. The zero-order valence-corrected chi connectivity index (χ0v) is 13.4. The average molecular weight is 348 g/mol. The second-order valence-corrected chi connectivity index (χ2v) is 6.87. The van der Waals surface area contributed by atoms with Crippen LogP contribution in [0.25, 0.3) is 0 Å². The Morgan fingerprint density at radius 2 is 1.88 bits per heavy atom. The van der Waals surface area contributed by atoms with E-state index < -0.39 is 17.2 Å². The van der Waals surface area contributed by atoms with E-state index in [1.807, 2.05) is 4.90 Å². The molecule has 0 amide bonds. The molecule has 24 heavy (non-hydrogen) atoms. The zero-order valence-electron chi connectivity index (χ0n) is 12.6. The summed E-state index contributed by atoms with van der Waals surface area (Å²) < 4.78 is 26.3. The van der Waals surface area contributed by atoms with Crippen LogP contribution in [0.2, 0.25) is 0 Å². The Balaban J connectivity index is 1.74. The van der Waals surface area contributed by atoms with Gasteiger partial charge in [-0.15, -0.1) is 0 Å². The summed E-state index contributed by atoms with van der Waals surface area (Å²) >= 11 is 1.49. The van der Waals surface area contributed by atoms with Gasteiger partial charge < -0.3 is 10.6 Å². The monoisotopic (exact) mass is 348 g/mol. The van der Waals surface area contributed by atoms with Crippen molar-refractivity contribution in [1.82, 2.24) is 15.0 Å². The van der Waals surface area contributed by atoms with Gasteiger partial charge in [-0.1, -0.05) is 11.8 Å². The van der Waals surface area contributed by atoms with Crippen molar-refractivity contribution >= 4 is 22.9 Å². The Labute approximate surface area is 141 Å². The largest absolute Gasteiger partial charge is 0.379 e. The summed E-state index contributed by atoms with van der Waals surface area (Å²) in [6.45, 7) is 1.11. The van der Waals surface area contributed by atoms with E-state index >= 15 is 0 Å². The number of aliphatic imine (C=N–C) groups is 1. The van der Waals surface area contributed by atoms with Crippen LogP contribution in [-0.4, -0.2) is 39.0 Å². The van der Waals surface area contributed by atoms with E-state index in [1.54, 1.807) is 6.07 Å². The first-order valence-corrected chi connectivity index (χ1v) is 8.38. The van der Waals surface area contributed by atoms with E-state index in [4.69, 9.17) is 5.73 Å². The van der Waals surface area contributed by atoms with Gasteiger partial charge in [-0.05, 0) is 12.1 Å². The van der Waals surface area contributed by atoms with Crippen molar-refractivity contribution in [2.75, 3.05) is 23.7 Å². The van der Waals surface area contributed by atoms with Crippen LogP contribution in [0.1, 0.15) is 5.69 Å². The maximum absolute atomic E-state index is 13.3. The van der Waals surface area contributed by atoms with Gasteiger partial charge in [0.2, 0.25) is 5.95 Å². The molecule has 124 valence electrons. The van der Waals surface area contributed by atoms with Crippen molar-refractivity contribution < 1.29 is 8.78 Å². The third-order valence-corrected chi connectivity index (χ3v) is 5.31. The van der Waals surface area contributed by atoms with Crippen LogP contribution in [0.5, 0.6) is 0 Å². The predicted molar refractivity (Wildman–Crippen MR) is 87.6 cm³/mol. The molecule has 0 saturated carbocycles. The fourth-order valence-electron chi connectivity index (χ4n) is 3.23. The van der Waals surface area contributed by atoms with Gasteiger partial charge in [0.25, 0.3) is 0 Å². The molecule has 0 aromatic carbocycles. The topological polar surface area (TPSA) is 80.3 Å². The predicted octanol–water partition coefficient (Wildman–Crippen LogP) is 1.54. The molecule has 2 aromatic rings. The number of hydrogen-bond donors (Lipinski definition) is 1. The molecule has 2 atom stereocenters. The second-order valence-electron chi connectivity index (χ2n) is 5.83. The Morgan fingerprint density at radius 3 is 2.58 bits per heavy atom. The molecule has 2 N–H and O–H groups in total. The van der Waals surface area contributed by atoms with E-state index in [0.717, 1.165) is 18.1 Å². The van der Waals surface area contributed by atoms with E-state index in [0.29, 0.717) is 29.9 Å². The standard InChI is InChI=1S/C15H14F2N6S/c16-10-1-2-12(19-3-10)15-8-23(14-20-4-11(17)5-21-14)6-9(15)7-24-13(18)22-15/h1-5,9H,6-8H2,(H2,18,22)/t9-,15?/m0/s1. The Bertz CT molecular complexity index is 782. The molecule has 9 heteroatoms. The first-order valence-electron chi connectivity index (χ1n) is 7.39. The second kappa shape index (κ2) is 5.66. The first-order chi connectivity index (χ1) is 11.6. The van der Waals surface area contributed by atoms with Crippen LogP contribution in [-0.2, 0) is 5.54 Å². The summed E-state index contributed by atoms with van der Waals surface area (Å²) in [7, 11) is 0. The van der Waals surface area contributed by atoms with Gasteiger partial charge in [0.15, 0.2) is 11.0 Å². The minimum Gasteiger partial charge on any atom is -0.379 e. The van der Waals surface area contributed by atoms with Crippen LogP contribution in [0.4, 0.5) is 14.7 Å². The third kappa shape index (κ3) is 2.48. The highest BCUT2D eigenvalue weighted by Gasteiger charge is 2.51. The number of pyridine rings is 1. The van der Waals surface area contributed by atoms with Gasteiger partial charge in [-0.3, -0.25) is 4.98 Å². The molecular formula is C15H14F2N6S. The van der Waals surface area contributed by atoms with Crippen LogP contribution >= 0.6 is 11.8 Å². The lowest BCUT2D eigenvalue weighted by atomic mass is 9.85. The average Bonchev–Trinajstić information content (AvgIpc) is 2.96. The molecule has 1 fully saturated rings. The number of nitrogens with zero attached hydrogens (tertiary/aromatic N) is 5. The van der Waals surface area contributed by atoms with Crippen molar-refractivity contribution in [3.05, 3.63) is 48.1 Å². The summed E-state index contributed by atoms with van der Waals surface area (Å²) in [4.78, 5) is 18.9. The third-order valence-electron chi connectivity index (χ3n) is 4.35. The molecule has 0 radical (unpaired) electrons. The van der Waals surface area contributed by atoms with Gasteiger partial charge in [-0.25, -0.2) is 23.7 Å². The molecule has 1 saturated heterocycles. The number of rotatable bonds is 2. The smallest absolute Gasteiger partial charge is 0.225 e. The maximum atomic E-state index is 13.3. The summed E-state index contributed by atoms with van der Waals surface area (Å²) in [5, 5.41) is 0.485. The molecule has 4 heterocycles. The highest BCUT2D eigenvalue weighted by atomic mass is 32.2. The van der Waals surface area contributed by atoms with Gasteiger partial charge in [0.05, 0.1) is 30.8 Å². The minimum atomic E-state index is -0.666. The number of halogens is 2. The fraction of sp³-hybridized carbons (Fsp3) is 0.333. The number of fused-ring (bicyclic) bond motifs is 1. The van der Waals surface area contributed by atoms with Crippen LogP contribution < -0.4 is 10.6 Å². The minimum absolute atomic E-state index is 0.126. The molecule has 2 aromatic heterocycles. The highest BCUT2D eigenvalue weighted by Crippen LogP contribution is 2.45. The first kappa shape index (κ1) is 15.3. The number of hydrogen-bond acceptors (Lipinski definition) is 7. The Hall–Kier alpha value is -2.29. The molecule has 0 spiro atoms. The van der Waals surface area contributed by atoms with Crippen molar-refractivity contribution in [3.63, 3.8) is 0 Å². The highest BCUT2D eigenvalue weighted by molar-refractivity contribution is 8.13. The molecule has 4 rings (SSSR count). The summed E-state index contributed by atoms with van der Waals surface area (Å²) in [6, 6.07) is 3.02. The van der Waals surface area contributed by atoms with Gasteiger partial charge in [-0.2, -0.15) is 0 Å². The number of nitrogens with two attached hydrogens (primary N) is 1. The summed E-state index contributed by atoms with van der Waals surface area (Å²) in [5.74, 6) is 0.452. The normalized spacial score (nSPS) is 26.2. The molecule has 1 unspecified atom stereocenters. The Morgan fingerprint density at radius 1 is 1.12 bits per heavy atom. The number of amidine groups is 1. The van der Waals surface area contributed by atoms with Crippen molar-refractivity contribution in [3.8, 4) is 0 Å². The summed E-state index contributed by atoms with van der Waals surface area (Å²) in [5.41, 5.74) is 5.96. The van der Waals surface area contributed by atoms with E-state index in [9.17, 15) is 8.78 Å². The zero-order chi connectivity index (χ0) is 16.7. The van der Waals surface area contributed by atoms with Crippen molar-refractivity contribution in [2.45, 2.75) is 5.54 Å². The van der Waals surface area contributed by atoms with Gasteiger partial charge in [0.1, 0.15) is 11.4 Å². The molecule has 0 aliphatic carbocycles. The molecule has 6 nitrogen and oxygen atoms in total. The Kier molecular flexibility index (Phi) is 3.60. The molecule has 2 aliphatic heterocycles. The molecular weight excluding hydrogens is 334 g/mol. The number of anilines is 1. The van der Waals surface area contributed by atoms with Crippen molar-refractivity contribution in [2.24, 2.45) is 16.6 Å². The molecule has 0 bridgehead atoms.